The van der Waals surface area contributed by atoms with Crippen molar-refractivity contribution in [3.8, 4) is 6.19 Å². The topological polar surface area (TPSA) is 28.7 Å². The van der Waals surface area contributed by atoms with Crippen molar-refractivity contribution in [2.75, 3.05) is 0 Å². The van der Waals surface area contributed by atoms with Crippen LogP contribution >= 0.6 is 11.8 Å². The van der Waals surface area contributed by atoms with Crippen LogP contribution in [-0.4, -0.2) is 4.57 Å². The molecule has 0 aliphatic rings. The summed E-state index contributed by atoms with van der Waals surface area (Å²) in [6.07, 6.45) is 4.09. The van der Waals surface area contributed by atoms with Crippen molar-refractivity contribution >= 4 is 22.5 Å². The molecule has 2 aromatic carbocycles. The average Bonchev–Trinajstić information content (AvgIpc) is 2.79. The fourth-order valence-corrected chi connectivity index (χ4v) is 3.01. The molecule has 3 heteroatoms. The maximum atomic E-state index is 9.24. The number of aryl methyl sites for hydroxylation is 1. The van der Waals surface area contributed by atoms with Crippen molar-refractivity contribution in [3.05, 3.63) is 60.3 Å². The van der Waals surface area contributed by atoms with Crippen LogP contribution in [0.3, 0.4) is 0 Å². The number of benzene rings is 2. The monoisotopic (exact) mass is 264 g/mol. The van der Waals surface area contributed by atoms with Gasteiger partial charge in [-0.1, -0.05) is 53.7 Å². The van der Waals surface area contributed by atoms with Gasteiger partial charge in [-0.15, -0.1) is 0 Å². The van der Waals surface area contributed by atoms with Crippen LogP contribution in [0.2, 0.25) is 0 Å². The van der Waals surface area contributed by atoms with Crippen LogP contribution in [0.5, 0.6) is 0 Å². The molecule has 0 aliphatic carbocycles. The van der Waals surface area contributed by atoms with Crippen LogP contribution in [-0.2, 0) is 0 Å². The van der Waals surface area contributed by atoms with Crippen molar-refractivity contribution in [2.24, 2.45) is 0 Å². The lowest BCUT2D eigenvalue weighted by Gasteiger charge is -2.03. The summed E-state index contributed by atoms with van der Waals surface area (Å²) in [6, 6.07) is 16.4. The first kappa shape index (κ1) is 11.9. The maximum absolute atomic E-state index is 9.24. The molecule has 92 valence electrons. The van der Waals surface area contributed by atoms with E-state index in [1.807, 2.05) is 24.4 Å². The Morgan fingerprint density at radius 2 is 1.79 bits per heavy atom. The molecule has 0 atom stereocenters. The molecular formula is C16H12N2S. The van der Waals surface area contributed by atoms with E-state index < -0.39 is 0 Å². The summed E-state index contributed by atoms with van der Waals surface area (Å²) in [5.74, 6) is 0. The van der Waals surface area contributed by atoms with Gasteiger partial charge in [-0.3, -0.25) is 0 Å². The van der Waals surface area contributed by atoms with Gasteiger partial charge in [0.1, 0.15) is 5.03 Å². The van der Waals surface area contributed by atoms with Gasteiger partial charge in [0.2, 0.25) is 0 Å². The van der Waals surface area contributed by atoms with Crippen LogP contribution in [0.4, 0.5) is 0 Å². The largest absolute Gasteiger partial charge is 0.247 e. The lowest BCUT2D eigenvalue weighted by molar-refractivity contribution is 0.987. The molecule has 0 aliphatic heterocycles. The van der Waals surface area contributed by atoms with Crippen molar-refractivity contribution in [3.63, 3.8) is 0 Å². The van der Waals surface area contributed by atoms with Crippen LogP contribution in [0.25, 0.3) is 10.8 Å². The van der Waals surface area contributed by atoms with Crippen LogP contribution in [0, 0.1) is 18.4 Å². The summed E-state index contributed by atoms with van der Waals surface area (Å²) < 4.78 is 1.63. The lowest BCUT2D eigenvalue weighted by Crippen LogP contribution is -1.87. The number of rotatable bonds is 2. The standard InChI is InChI=1S/C16H12N2S/c1-12-6-8-14(9-7-12)19-16-15-5-3-2-4-13(15)10-18(16)11-17/h2-10H,1H3. The zero-order chi connectivity index (χ0) is 13.2. The van der Waals surface area contributed by atoms with E-state index in [4.69, 9.17) is 0 Å². The normalized spacial score (nSPS) is 10.5. The summed E-state index contributed by atoms with van der Waals surface area (Å²) >= 11 is 1.62. The second kappa shape index (κ2) is 4.83. The van der Waals surface area contributed by atoms with Crippen molar-refractivity contribution in [2.45, 2.75) is 16.8 Å². The zero-order valence-electron chi connectivity index (χ0n) is 10.5. The van der Waals surface area contributed by atoms with Crippen LogP contribution in [0.15, 0.2) is 64.6 Å². The Bertz CT molecular complexity index is 764. The number of fused-ring (bicyclic) bond motifs is 1. The van der Waals surface area contributed by atoms with E-state index in [1.54, 1.807) is 16.3 Å². The third-order valence-electron chi connectivity index (χ3n) is 3.02. The van der Waals surface area contributed by atoms with Gasteiger partial charge in [0.25, 0.3) is 0 Å². The number of hydrogen-bond acceptors (Lipinski definition) is 2. The zero-order valence-corrected chi connectivity index (χ0v) is 11.3. The van der Waals surface area contributed by atoms with Crippen LogP contribution in [0.1, 0.15) is 5.56 Å². The molecule has 1 heterocycles. The van der Waals surface area contributed by atoms with Gasteiger partial charge in [0.15, 0.2) is 6.19 Å². The highest BCUT2D eigenvalue weighted by molar-refractivity contribution is 7.99. The van der Waals surface area contributed by atoms with E-state index in [1.165, 1.54) is 5.56 Å². The highest BCUT2D eigenvalue weighted by atomic mass is 32.2. The van der Waals surface area contributed by atoms with Gasteiger partial charge in [-0.25, -0.2) is 4.57 Å². The summed E-state index contributed by atoms with van der Waals surface area (Å²) in [5, 5.41) is 12.4. The second-order valence-electron chi connectivity index (χ2n) is 4.41. The molecular weight excluding hydrogens is 252 g/mol. The Morgan fingerprint density at radius 3 is 2.53 bits per heavy atom. The fraction of sp³-hybridized carbons (Fsp3) is 0.0625. The molecule has 0 fully saturated rings. The second-order valence-corrected chi connectivity index (χ2v) is 5.47. The van der Waals surface area contributed by atoms with Gasteiger partial charge in [-0.2, -0.15) is 5.26 Å². The smallest absolute Gasteiger partial charge is 0.189 e. The maximum Gasteiger partial charge on any atom is 0.189 e. The summed E-state index contributed by atoms with van der Waals surface area (Å²) in [7, 11) is 0. The minimum Gasteiger partial charge on any atom is -0.247 e. The Hall–Kier alpha value is -2.18. The average molecular weight is 264 g/mol. The van der Waals surface area contributed by atoms with E-state index in [2.05, 4.69) is 43.4 Å². The van der Waals surface area contributed by atoms with Gasteiger partial charge < -0.3 is 0 Å². The Morgan fingerprint density at radius 1 is 1.05 bits per heavy atom. The van der Waals surface area contributed by atoms with Gasteiger partial charge in [0, 0.05) is 21.9 Å². The first-order valence-electron chi connectivity index (χ1n) is 6.02. The molecule has 0 spiro atoms. The van der Waals surface area contributed by atoms with Gasteiger partial charge >= 0.3 is 0 Å². The van der Waals surface area contributed by atoms with Crippen molar-refractivity contribution in [1.82, 2.24) is 4.57 Å². The number of nitriles is 1. The predicted molar refractivity (Wildman–Crippen MR) is 78.3 cm³/mol. The number of nitrogens with zero attached hydrogens (tertiary/aromatic N) is 2. The molecule has 0 bridgehead atoms. The predicted octanol–water partition coefficient (Wildman–Crippen LogP) is 4.43. The molecule has 0 unspecified atom stereocenters. The van der Waals surface area contributed by atoms with E-state index in [0.29, 0.717) is 0 Å². The molecule has 0 saturated carbocycles. The van der Waals surface area contributed by atoms with Gasteiger partial charge in [0.05, 0.1) is 0 Å². The molecule has 3 rings (SSSR count). The number of hydrogen-bond donors (Lipinski definition) is 0. The van der Waals surface area contributed by atoms with Gasteiger partial charge in [-0.05, 0) is 19.1 Å². The third-order valence-corrected chi connectivity index (χ3v) is 4.14. The highest BCUT2D eigenvalue weighted by Gasteiger charge is 2.10. The van der Waals surface area contributed by atoms with E-state index in [0.717, 1.165) is 20.7 Å². The van der Waals surface area contributed by atoms with E-state index >= 15 is 0 Å². The van der Waals surface area contributed by atoms with Crippen molar-refractivity contribution in [1.29, 1.82) is 5.26 Å². The first-order chi connectivity index (χ1) is 9.28. The lowest BCUT2D eigenvalue weighted by atomic mass is 10.2. The van der Waals surface area contributed by atoms with Crippen molar-refractivity contribution < 1.29 is 0 Å². The molecule has 1 aromatic heterocycles. The number of aromatic nitrogens is 1. The first-order valence-corrected chi connectivity index (χ1v) is 6.84. The summed E-state index contributed by atoms with van der Waals surface area (Å²) in [4.78, 5) is 1.14. The minimum atomic E-state index is 0.974. The Balaban J connectivity index is 2.09. The summed E-state index contributed by atoms with van der Waals surface area (Å²) in [5.41, 5.74) is 1.24. The van der Waals surface area contributed by atoms with Crippen LogP contribution < -0.4 is 0 Å². The third kappa shape index (κ3) is 2.23. The minimum absolute atomic E-state index is 0.974. The molecule has 19 heavy (non-hydrogen) atoms. The quantitative estimate of drug-likeness (QED) is 0.685. The molecule has 3 aromatic rings. The summed E-state index contributed by atoms with van der Waals surface area (Å²) in [6.45, 7) is 2.07. The fourth-order valence-electron chi connectivity index (χ4n) is 2.03. The van der Waals surface area contributed by atoms with E-state index in [-0.39, 0.29) is 0 Å². The molecule has 2 nitrogen and oxygen atoms in total. The molecule has 0 amide bonds. The molecule has 0 N–H and O–H groups in total. The molecule has 0 saturated heterocycles. The van der Waals surface area contributed by atoms with E-state index in [9.17, 15) is 5.26 Å². The Kier molecular flexibility index (Phi) is 3.02. The SMILES string of the molecule is Cc1ccc(Sc2c3ccccc3cn2C#N)cc1. The highest BCUT2D eigenvalue weighted by Crippen LogP contribution is 2.34. The molecule has 0 radical (unpaired) electrons. The Labute approximate surface area is 116 Å².